The van der Waals surface area contributed by atoms with E-state index >= 15 is 0 Å². The molecule has 0 bridgehead atoms. The third kappa shape index (κ3) is 3.43. The molecule has 0 saturated heterocycles. The summed E-state index contributed by atoms with van der Waals surface area (Å²) in [6.07, 6.45) is 4.05. The monoisotopic (exact) mass is 343 g/mol. The Bertz CT molecular complexity index is 695. The molecule has 0 spiro atoms. The topological polar surface area (TPSA) is 78.0 Å². The Kier molecular flexibility index (Phi) is 4.07. The van der Waals surface area contributed by atoms with Crippen molar-refractivity contribution in [1.82, 2.24) is 9.78 Å². The fourth-order valence-electron chi connectivity index (χ4n) is 1.74. The Morgan fingerprint density at radius 2 is 2.11 bits per heavy atom. The molecule has 0 fully saturated rings. The molecule has 102 valence electrons. The maximum atomic E-state index is 11.4. The Labute approximate surface area is 120 Å². The van der Waals surface area contributed by atoms with Crippen molar-refractivity contribution >= 4 is 25.8 Å². The summed E-state index contributed by atoms with van der Waals surface area (Å²) in [5.74, 6) is 0. The standard InChI is InChI=1S/C12H14BrN3O2S/c1-19(17,18)12-6-15-16(8-12)7-9-2-3-11(13)4-10(9)5-14/h2-4,6,8H,5,7,14H2,1H3. The second-order valence-electron chi connectivity index (χ2n) is 4.26. The molecular formula is C12H14BrN3O2S. The number of nitrogens with two attached hydrogens (primary N) is 1. The predicted molar refractivity (Wildman–Crippen MR) is 76.5 cm³/mol. The minimum absolute atomic E-state index is 0.221. The molecule has 2 rings (SSSR count). The fourth-order valence-corrected chi connectivity index (χ4v) is 2.70. The molecule has 0 aliphatic carbocycles. The van der Waals surface area contributed by atoms with Gasteiger partial charge in [-0.15, -0.1) is 0 Å². The molecule has 0 unspecified atom stereocenters. The highest BCUT2D eigenvalue weighted by molar-refractivity contribution is 9.10. The van der Waals surface area contributed by atoms with Gasteiger partial charge >= 0.3 is 0 Å². The molecule has 0 atom stereocenters. The first-order chi connectivity index (χ1) is 8.90. The molecule has 2 N–H and O–H groups in total. The number of sulfone groups is 1. The van der Waals surface area contributed by atoms with Gasteiger partial charge in [0.2, 0.25) is 0 Å². The first-order valence-corrected chi connectivity index (χ1v) is 8.28. The third-order valence-corrected chi connectivity index (χ3v) is 4.32. The van der Waals surface area contributed by atoms with E-state index in [2.05, 4.69) is 21.0 Å². The molecule has 1 aromatic heterocycles. The lowest BCUT2D eigenvalue weighted by Gasteiger charge is -2.08. The van der Waals surface area contributed by atoms with Gasteiger partial charge in [0.05, 0.1) is 12.7 Å². The maximum Gasteiger partial charge on any atom is 0.178 e. The van der Waals surface area contributed by atoms with E-state index in [4.69, 9.17) is 5.73 Å². The quantitative estimate of drug-likeness (QED) is 0.913. The minimum atomic E-state index is -3.21. The van der Waals surface area contributed by atoms with Gasteiger partial charge in [-0.3, -0.25) is 4.68 Å². The summed E-state index contributed by atoms with van der Waals surface area (Å²) >= 11 is 3.40. The summed E-state index contributed by atoms with van der Waals surface area (Å²) in [6.45, 7) is 0.921. The van der Waals surface area contributed by atoms with E-state index in [1.807, 2.05) is 18.2 Å². The summed E-state index contributed by atoms with van der Waals surface area (Å²) in [5.41, 5.74) is 7.73. The van der Waals surface area contributed by atoms with E-state index in [1.54, 1.807) is 4.68 Å². The van der Waals surface area contributed by atoms with E-state index in [0.29, 0.717) is 13.1 Å². The van der Waals surface area contributed by atoms with Crippen molar-refractivity contribution in [1.29, 1.82) is 0 Å². The van der Waals surface area contributed by atoms with E-state index in [9.17, 15) is 8.42 Å². The van der Waals surface area contributed by atoms with Gasteiger partial charge < -0.3 is 5.73 Å². The van der Waals surface area contributed by atoms with E-state index < -0.39 is 9.84 Å². The smallest absolute Gasteiger partial charge is 0.178 e. The minimum Gasteiger partial charge on any atom is -0.326 e. The van der Waals surface area contributed by atoms with Crippen LogP contribution in [-0.4, -0.2) is 24.5 Å². The van der Waals surface area contributed by atoms with Gasteiger partial charge in [0.15, 0.2) is 9.84 Å². The lowest BCUT2D eigenvalue weighted by Crippen LogP contribution is -2.07. The van der Waals surface area contributed by atoms with Crippen molar-refractivity contribution in [3.05, 3.63) is 46.2 Å². The Balaban J connectivity index is 2.29. The molecule has 0 aliphatic heterocycles. The Morgan fingerprint density at radius 3 is 2.68 bits per heavy atom. The van der Waals surface area contributed by atoms with Crippen molar-refractivity contribution in [3.8, 4) is 0 Å². The first-order valence-electron chi connectivity index (χ1n) is 5.60. The van der Waals surface area contributed by atoms with Gasteiger partial charge in [-0.2, -0.15) is 5.10 Å². The van der Waals surface area contributed by atoms with Crippen LogP contribution in [0, 0.1) is 0 Å². The molecule has 0 aliphatic rings. The van der Waals surface area contributed by atoms with Gasteiger partial charge in [0.25, 0.3) is 0 Å². The highest BCUT2D eigenvalue weighted by Crippen LogP contribution is 2.18. The number of hydrogen-bond donors (Lipinski definition) is 1. The normalized spacial score (nSPS) is 11.7. The van der Waals surface area contributed by atoms with Crippen LogP contribution in [0.1, 0.15) is 11.1 Å². The molecule has 0 saturated carbocycles. The van der Waals surface area contributed by atoms with Crippen molar-refractivity contribution < 1.29 is 8.42 Å². The number of nitrogens with zero attached hydrogens (tertiary/aromatic N) is 2. The highest BCUT2D eigenvalue weighted by Gasteiger charge is 2.11. The molecule has 2 aromatic rings. The first kappa shape index (κ1) is 14.2. The molecule has 19 heavy (non-hydrogen) atoms. The molecule has 5 nitrogen and oxygen atoms in total. The van der Waals surface area contributed by atoms with Crippen LogP contribution in [0.3, 0.4) is 0 Å². The zero-order valence-corrected chi connectivity index (χ0v) is 12.8. The van der Waals surface area contributed by atoms with Crippen LogP contribution < -0.4 is 5.73 Å². The van der Waals surface area contributed by atoms with Gasteiger partial charge in [0, 0.05) is 23.5 Å². The number of rotatable bonds is 4. The Hall–Kier alpha value is -1.18. The zero-order valence-electron chi connectivity index (χ0n) is 10.4. The van der Waals surface area contributed by atoms with Gasteiger partial charge in [0.1, 0.15) is 4.90 Å². The van der Waals surface area contributed by atoms with E-state index in [1.165, 1.54) is 18.6 Å². The van der Waals surface area contributed by atoms with Crippen LogP contribution in [-0.2, 0) is 22.9 Å². The lowest BCUT2D eigenvalue weighted by molar-refractivity contribution is 0.601. The van der Waals surface area contributed by atoms with Crippen LogP contribution in [0.15, 0.2) is 40.0 Å². The van der Waals surface area contributed by atoms with Crippen molar-refractivity contribution in [2.75, 3.05) is 6.26 Å². The van der Waals surface area contributed by atoms with E-state index in [0.717, 1.165) is 15.6 Å². The van der Waals surface area contributed by atoms with Crippen LogP contribution in [0.2, 0.25) is 0 Å². The van der Waals surface area contributed by atoms with Gasteiger partial charge in [-0.1, -0.05) is 22.0 Å². The average Bonchev–Trinajstić information content (AvgIpc) is 2.79. The number of aromatic nitrogens is 2. The lowest BCUT2D eigenvalue weighted by atomic mass is 10.1. The van der Waals surface area contributed by atoms with Gasteiger partial charge in [-0.05, 0) is 23.3 Å². The molecule has 0 amide bonds. The van der Waals surface area contributed by atoms with Crippen LogP contribution in [0.4, 0.5) is 0 Å². The number of hydrogen-bond acceptors (Lipinski definition) is 4. The Morgan fingerprint density at radius 1 is 1.37 bits per heavy atom. The van der Waals surface area contributed by atoms with Crippen LogP contribution >= 0.6 is 15.9 Å². The second kappa shape index (κ2) is 5.44. The summed E-state index contributed by atoms with van der Waals surface area (Å²) < 4.78 is 25.3. The summed E-state index contributed by atoms with van der Waals surface area (Å²) in [7, 11) is -3.21. The molecule has 0 radical (unpaired) electrons. The molecule has 1 heterocycles. The predicted octanol–water partition coefficient (Wildman–Crippen LogP) is 1.56. The molecule has 1 aromatic carbocycles. The summed E-state index contributed by atoms with van der Waals surface area (Å²) in [5, 5.41) is 4.06. The second-order valence-corrected chi connectivity index (χ2v) is 7.19. The zero-order chi connectivity index (χ0) is 14.0. The molecule has 7 heteroatoms. The highest BCUT2D eigenvalue weighted by atomic mass is 79.9. The van der Waals surface area contributed by atoms with Gasteiger partial charge in [-0.25, -0.2) is 8.42 Å². The maximum absolute atomic E-state index is 11.4. The van der Waals surface area contributed by atoms with E-state index in [-0.39, 0.29) is 4.90 Å². The SMILES string of the molecule is CS(=O)(=O)c1cnn(Cc2ccc(Br)cc2CN)c1. The van der Waals surface area contributed by atoms with Crippen LogP contribution in [0.25, 0.3) is 0 Å². The van der Waals surface area contributed by atoms with Crippen LogP contribution in [0.5, 0.6) is 0 Å². The summed E-state index contributed by atoms with van der Waals surface area (Å²) in [4.78, 5) is 0.221. The fraction of sp³-hybridized carbons (Fsp3) is 0.250. The van der Waals surface area contributed by atoms with Crippen molar-refractivity contribution in [3.63, 3.8) is 0 Å². The summed E-state index contributed by atoms with van der Waals surface area (Å²) in [6, 6.07) is 5.83. The number of halogens is 1. The van der Waals surface area contributed by atoms with Crippen molar-refractivity contribution in [2.24, 2.45) is 5.73 Å². The number of benzene rings is 1. The third-order valence-electron chi connectivity index (χ3n) is 2.76. The largest absolute Gasteiger partial charge is 0.326 e. The van der Waals surface area contributed by atoms with Crippen molar-refractivity contribution in [2.45, 2.75) is 18.0 Å². The average molecular weight is 344 g/mol. The molecular weight excluding hydrogens is 330 g/mol.